The molecule has 1 aliphatic heterocycles. The number of hydrogen-bond donors (Lipinski definition) is 1. The average molecular weight is 511 g/mol. The highest BCUT2D eigenvalue weighted by Gasteiger charge is 2.30. The molecule has 0 unspecified atom stereocenters. The zero-order valence-corrected chi connectivity index (χ0v) is 23.8. The summed E-state index contributed by atoms with van der Waals surface area (Å²) in [4.78, 5) is 0.220. The summed E-state index contributed by atoms with van der Waals surface area (Å²) in [6, 6.07) is 8.22. The van der Waals surface area contributed by atoms with E-state index in [2.05, 4.69) is 74.5 Å². The predicted octanol–water partition coefficient (Wildman–Crippen LogP) is 6.58. The molecule has 1 saturated carbocycles. The Morgan fingerprint density at radius 1 is 0.972 bits per heavy atom. The fraction of sp³-hybridized carbons (Fsp3) is 0.586. The molecule has 6 nitrogen and oxygen atoms in total. The number of nitrogens with two attached hydrogens (primary N) is 1. The Balaban J connectivity index is 1.80. The summed E-state index contributed by atoms with van der Waals surface area (Å²) in [7, 11) is -3.82. The van der Waals surface area contributed by atoms with E-state index >= 15 is 0 Å². The molecule has 7 heteroatoms. The third kappa shape index (κ3) is 5.52. The lowest BCUT2D eigenvalue weighted by atomic mass is 9.79. The van der Waals surface area contributed by atoms with Gasteiger partial charge in [-0.25, -0.2) is 13.6 Å². The summed E-state index contributed by atoms with van der Waals surface area (Å²) < 4.78 is 27.1. The molecule has 0 amide bonds. The molecule has 0 saturated heterocycles. The first-order valence-corrected chi connectivity index (χ1v) is 14.7. The van der Waals surface area contributed by atoms with Gasteiger partial charge in [-0.2, -0.15) is 10.2 Å². The van der Waals surface area contributed by atoms with Gasteiger partial charge in [-0.15, -0.1) is 0 Å². The zero-order chi connectivity index (χ0) is 26.5. The van der Waals surface area contributed by atoms with E-state index in [4.69, 9.17) is 5.14 Å². The lowest BCUT2D eigenvalue weighted by Crippen LogP contribution is -2.22. The fourth-order valence-electron chi connectivity index (χ4n) is 5.50. The van der Waals surface area contributed by atoms with E-state index < -0.39 is 10.0 Å². The molecule has 36 heavy (non-hydrogen) atoms. The van der Waals surface area contributed by atoms with Gasteiger partial charge in [-0.3, -0.25) is 0 Å². The van der Waals surface area contributed by atoms with Crippen molar-refractivity contribution < 1.29 is 8.42 Å². The van der Waals surface area contributed by atoms with Crippen molar-refractivity contribution in [1.82, 2.24) is 4.57 Å². The van der Waals surface area contributed by atoms with E-state index in [1.165, 1.54) is 37.7 Å². The van der Waals surface area contributed by atoms with Crippen molar-refractivity contribution in [2.75, 3.05) is 0 Å². The van der Waals surface area contributed by atoms with Crippen LogP contribution in [0.25, 0.3) is 11.3 Å². The second-order valence-electron chi connectivity index (χ2n) is 12.7. The first-order chi connectivity index (χ1) is 16.7. The molecule has 1 aliphatic carbocycles. The third-order valence-electron chi connectivity index (χ3n) is 7.72. The summed E-state index contributed by atoms with van der Waals surface area (Å²) in [6.45, 7) is 15.8. The van der Waals surface area contributed by atoms with Crippen molar-refractivity contribution in [3.05, 3.63) is 41.1 Å². The lowest BCUT2D eigenvalue weighted by Gasteiger charge is -2.26. The Hall–Kier alpha value is -2.25. The molecular weight excluding hydrogens is 468 g/mol. The van der Waals surface area contributed by atoms with Crippen molar-refractivity contribution >= 4 is 21.4 Å². The van der Waals surface area contributed by atoms with Crippen LogP contribution in [0, 0.1) is 18.3 Å². The number of hydrogen-bond acceptors (Lipinski definition) is 4. The smallest absolute Gasteiger partial charge is 0.239 e. The van der Waals surface area contributed by atoms with Crippen LogP contribution in [0.2, 0.25) is 0 Å². The SMILES string of the molecule is Cc1c(S(N)(=O)=O)cc(-c2ccc(C3=NN=C(C(C)(C)C)C3)c(C(C)(C)C)c2)n1CC1CCCCC1. The van der Waals surface area contributed by atoms with Gasteiger partial charge in [0.25, 0.3) is 0 Å². The second kappa shape index (κ2) is 9.56. The largest absolute Gasteiger partial charge is 0.343 e. The normalized spacial score (nSPS) is 17.9. The Bertz CT molecular complexity index is 1310. The van der Waals surface area contributed by atoms with E-state index in [-0.39, 0.29) is 15.7 Å². The monoisotopic (exact) mass is 510 g/mol. The van der Waals surface area contributed by atoms with Crippen LogP contribution >= 0.6 is 0 Å². The minimum Gasteiger partial charge on any atom is -0.343 e. The number of nitrogens with zero attached hydrogens (tertiary/aromatic N) is 3. The van der Waals surface area contributed by atoms with Crippen LogP contribution in [0.5, 0.6) is 0 Å². The second-order valence-corrected chi connectivity index (χ2v) is 14.2. The Labute approximate surface area is 217 Å². The standard InChI is InChI=1S/C29H42N4O2S/c1-19-26(36(30,34)35)17-25(33(19)18-20-11-9-8-10-12-20)21-13-14-22(23(15-21)28(2,3)4)24-16-27(32-31-24)29(5,6)7/h13-15,17,20H,8-12,16,18H2,1-7H3,(H2,30,34,35). The number of primary sulfonamides is 1. The topological polar surface area (TPSA) is 89.8 Å². The van der Waals surface area contributed by atoms with Crippen LogP contribution < -0.4 is 5.14 Å². The van der Waals surface area contributed by atoms with Crippen molar-refractivity contribution in [3.8, 4) is 11.3 Å². The highest BCUT2D eigenvalue weighted by atomic mass is 32.2. The fourth-order valence-corrected chi connectivity index (χ4v) is 6.30. The van der Waals surface area contributed by atoms with Gasteiger partial charge in [-0.1, -0.05) is 72.9 Å². The van der Waals surface area contributed by atoms with Crippen LogP contribution in [-0.4, -0.2) is 24.4 Å². The summed E-state index contributed by atoms with van der Waals surface area (Å²) >= 11 is 0. The van der Waals surface area contributed by atoms with Gasteiger partial charge in [-0.05, 0) is 54.4 Å². The van der Waals surface area contributed by atoms with Gasteiger partial charge < -0.3 is 4.57 Å². The van der Waals surface area contributed by atoms with Gasteiger partial charge in [0.05, 0.1) is 11.4 Å². The van der Waals surface area contributed by atoms with Crippen LogP contribution in [0.4, 0.5) is 0 Å². The van der Waals surface area contributed by atoms with Gasteiger partial charge >= 0.3 is 0 Å². The van der Waals surface area contributed by atoms with Crippen LogP contribution in [0.1, 0.15) is 96.9 Å². The lowest BCUT2D eigenvalue weighted by molar-refractivity contribution is 0.318. The summed E-state index contributed by atoms with van der Waals surface area (Å²) in [5.41, 5.74) is 6.89. The van der Waals surface area contributed by atoms with Crippen LogP contribution in [0.15, 0.2) is 39.4 Å². The van der Waals surface area contributed by atoms with E-state index in [0.717, 1.165) is 46.9 Å². The van der Waals surface area contributed by atoms with E-state index in [1.807, 2.05) is 6.92 Å². The molecule has 2 aromatic rings. The summed E-state index contributed by atoms with van der Waals surface area (Å²) in [6.07, 6.45) is 6.89. The molecule has 1 aromatic carbocycles. The van der Waals surface area contributed by atoms with Crippen molar-refractivity contribution in [2.45, 2.75) is 104 Å². The number of aromatic nitrogens is 1. The van der Waals surface area contributed by atoms with Crippen LogP contribution in [0.3, 0.4) is 0 Å². The van der Waals surface area contributed by atoms with Crippen molar-refractivity contribution in [2.24, 2.45) is 26.7 Å². The molecule has 0 atom stereocenters. The van der Waals surface area contributed by atoms with Gasteiger partial charge in [0.2, 0.25) is 10.0 Å². The van der Waals surface area contributed by atoms with Gasteiger partial charge in [0.1, 0.15) is 4.90 Å². The molecular formula is C29H42N4O2S. The average Bonchev–Trinajstić information content (AvgIpc) is 3.39. The minimum atomic E-state index is -3.82. The Morgan fingerprint density at radius 3 is 2.19 bits per heavy atom. The van der Waals surface area contributed by atoms with E-state index in [0.29, 0.717) is 5.92 Å². The van der Waals surface area contributed by atoms with Crippen LogP contribution in [-0.2, 0) is 22.0 Å². The number of sulfonamides is 1. The third-order valence-corrected chi connectivity index (χ3v) is 8.74. The van der Waals surface area contributed by atoms with Gasteiger partial charge in [0, 0.05) is 35.3 Å². The molecule has 0 bridgehead atoms. The summed E-state index contributed by atoms with van der Waals surface area (Å²) in [5, 5.41) is 14.7. The quantitative estimate of drug-likeness (QED) is 0.492. The maximum atomic E-state index is 12.4. The first-order valence-electron chi connectivity index (χ1n) is 13.2. The molecule has 196 valence electrons. The molecule has 2 N–H and O–H groups in total. The van der Waals surface area contributed by atoms with Gasteiger partial charge in [0.15, 0.2) is 0 Å². The van der Waals surface area contributed by atoms with Crippen molar-refractivity contribution in [3.63, 3.8) is 0 Å². The Kier molecular flexibility index (Phi) is 7.12. The molecule has 2 aliphatic rings. The summed E-state index contributed by atoms with van der Waals surface area (Å²) in [5.74, 6) is 0.555. The highest BCUT2D eigenvalue weighted by Crippen LogP contribution is 2.37. The maximum Gasteiger partial charge on any atom is 0.239 e. The van der Waals surface area contributed by atoms with E-state index in [1.54, 1.807) is 6.07 Å². The molecule has 2 heterocycles. The molecule has 0 spiro atoms. The molecule has 4 rings (SSSR count). The minimum absolute atomic E-state index is 0.0192. The number of benzene rings is 1. The highest BCUT2D eigenvalue weighted by molar-refractivity contribution is 7.89. The zero-order valence-electron chi connectivity index (χ0n) is 23.0. The maximum absolute atomic E-state index is 12.4. The first kappa shape index (κ1) is 26.8. The van der Waals surface area contributed by atoms with E-state index in [9.17, 15) is 8.42 Å². The Morgan fingerprint density at radius 2 is 1.64 bits per heavy atom. The molecule has 0 radical (unpaired) electrons. The predicted molar refractivity (Wildman–Crippen MR) is 149 cm³/mol. The number of rotatable bonds is 5. The van der Waals surface area contributed by atoms with Crippen molar-refractivity contribution in [1.29, 1.82) is 0 Å². The molecule has 1 aromatic heterocycles. The molecule has 1 fully saturated rings.